The Bertz CT molecular complexity index is 2050. The topological polar surface area (TPSA) is 233 Å². The van der Waals surface area contributed by atoms with Crippen LogP contribution in [0.25, 0.3) is 21.9 Å². The second-order valence-electron chi connectivity index (χ2n) is 10.5. The summed E-state index contributed by atoms with van der Waals surface area (Å²) in [6.07, 6.45) is 1.68. The first-order valence-electron chi connectivity index (χ1n) is 15.7. The van der Waals surface area contributed by atoms with Crippen LogP contribution in [0.1, 0.15) is 61.3 Å². The largest absolute Gasteiger partial charge is 0.508 e. The number of hydrogen-bond donors (Lipinski definition) is 5. The van der Waals surface area contributed by atoms with Crippen LogP contribution in [-0.2, 0) is 9.47 Å². The molecule has 0 radical (unpaired) electrons. The van der Waals surface area contributed by atoms with Gasteiger partial charge in [-0.05, 0) is 38.8 Å². The minimum Gasteiger partial charge on any atom is -0.508 e. The van der Waals surface area contributed by atoms with E-state index in [-0.39, 0.29) is 64.1 Å². The summed E-state index contributed by atoms with van der Waals surface area (Å²) in [4.78, 5) is 47.0. The molecule has 0 bridgehead atoms. The predicted octanol–water partition coefficient (Wildman–Crippen LogP) is 5.73. The van der Waals surface area contributed by atoms with Crippen molar-refractivity contribution in [1.29, 1.82) is 0 Å². The first kappa shape index (κ1) is 39.1. The Morgan fingerprint density at radius 2 is 1.02 bits per heavy atom. The van der Waals surface area contributed by atoms with Crippen molar-refractivity contribution in [3.05, 3.63) is 86.6 Å². The summed E-state index contributed by atoms with van der Waals surface area (Å²) in [5, 5.41) is 45.6. The van der Waals surface area contributed by atoms with Gasteiger partial charge < -0.3 is 53.3 Å². The van der Waals surface area contributed by atoms with E-state index in [1.54, 1.807) is 26.0 Å². The molecule has 51 heavy (non-hydrogen) atoms. The van der Waals surface area contributed by atoms with Gasteiger partial charge in [0.2, 0.25) is 0 Å². The van der Waals surface area contributed by atoms with E-state index in [0.29, 0.717) is 35.7 Å². The number of phenolic OH excluding ortho intramolecular Hbond substituents is 5. The maximum Gasteiger partial charge on any atom is 0.351 e. The van der Waals surface area contributed by atoms with Crippen LogP contribution in [0.3, 0.4) is 0 Å². The van der Waals surface area contributed by atoms with Crippen LogP contribution >= 0.6 is 0 Å². The van der Waals surface area contributed by atoms with Crippen molar-refractivity contribution in [1.82, 2.24) is 0 Å². The molecule has 5 rings (SSSR count). The summed E-state index contributed by atoms with van der Waals surface area (Å²) >= 11 is 0. The average molecular weight is 711 g/mol. The molecule has 0 unspecified atom stereocenters. The number of carbonyl (C=O) groups excluding carboxylic acids is 2. The summed E-state index contributed by atoms with van der Waals surface area (Å²) < 4.78 is 31.0. The van der Waals surface area contributed by atoms with Crippen molar-refractivity contribution in [3.63, 3.8) is 0 Å². The van der Waals surface area contributed by atoms with E-state index in [1.165, 1.54) is 18.2 Å². The molecule has 2 aromatic heterocycles. The first-order valence-corrected chi connectivity index (χ1v) is 15.7. The molecule has 0 aliphatic carbocycles. The maximum atomic E-state index is 12.1. The quantitative estimate of drug-likeness (QED) is 0.0860. The van der Waals surface area contributed by atoms with Crippen molar-refractivity contribution in [2.75, 3.05) is 26.4 Å². The Morgan fingerprint density at radius 3 is 1.51 bits per heavy atom. The lowest BCUT2D eigenvalue weighted by Gasteiger charge is -2.12. The summed E-state index contributed by atoms with van der Waals surface area (Å²) in [6.45, 7) is 8.62. The summed E-state index contributed by atoms with van der Waals surface area (Å²) in [6, 6.07) is 11.7. The second kappa shape index (κ2) is 18.4. The van der Waals surface area contributed by atoms with E-state index in [9.17, 15) is 29.4 Å². The predicted molar refractivity (Wildman–Crippen MR) is 183 cm³/mol. The molecule has 0 fully saturated rings. The maximum absolute atomic E-state index is 12.1. The van der Waals surface area contributed by atoms with Gasteiger partial charge in [0.1, 0.15) is 62.5 Å². The molecule has 0 atom stereocenters. The molecule has 5 aromatic rings. The van der Waals surface area contributed by atoms with Gasteiger partial charge in [-0.2, -0.15) is 0 Å². The summed E-state index contributed by atoms with van der Waals surface area (Å²) in [7, 11) is 0. The Kier molecular flexibility index (Phi) is 14.1. The molecular weight excluding hydrogens is 672 g/mol. The van der Waals surface area contributed by atoms with E-state index in [1.807, 2.05) is 13.8 Å². The van der Waals surface area contributed by atoms with Gasteiger partial charge in [0.15, 0.2) is 0 Å². The SMILES string of the molecule is CCCOc1cc(OCCC)c2cc(C(=O)OCC)c(=O)oc2c1.CCOC(=O)c1cc2c(O)cc(O)cc2oc1=O.Oc1cc(O)cc(O)c1. The lowest BCUT2D eigenvalue weighted by atomic mass is 10.1. The van der Waals surface area contributed by atoms with Gasteiger partial charge in [0.25, 0.3) is 0 Å². The zero-order valence-corrected chi connectivity index (χ0v) is 28.3. The lowest BCUT2D eigenvalue weighted by molar-refractivity contribution is 0.0512. The number of phenols is 5. The molecule has 2 heterocycles. The van der Waals surface area contributed by atoms with Crippen molar-refractivity contribution >= 4 is 33.9 Å². The van der Waals surface area contributed by atoms with Crippen LogP contribution in [0.2, 0.25) is 0 Å². The Hall–Kier alpha value is -6.38. The van der Waals surface area contributed by atoms with E-state index < -0.39 is 23.2 Å². The van der Waals surface area contributed by atoms with Gasteiger partial charge in [-0.1, -0.05) is 13.8 Å². The van der Waals surface area contributed by atoms with Gasteiger partial charge in [0.05, 0.1) is 37.2 Å². The van der Waals surface area contributed by atoms with E-state index in [4.69, 9.17) is 43.1 Å². The van der Waals surface area contributed by atoms with E-state index >= 15 is 0 Å². The summed E-state index contributed by atoms with van der Waals surface area (Å²) in [5.41, 5.74) is -1.77. The zero-order valence-electron chi connectivity index (χ0n) is 28.3. The molecule has 0 spiro atoms. The number of esters is 2. The molecule has 15 nitrogen and oxygen atoms in total. The minimum atomic E-state index is -0.883. The molecule has 15 heteroatoms. The fourth-order valence-electron chi connectivity index (χ4n) is 4.26. The highest BCUT2D eigenvalue weighted by Gasteiger charge is 2.19. The summed E-state index contributed by atoms with van der Waals surface area (Å²) in [5.74, 6) is -1.43. The first-order chi connectivity index (χ1) is 24.3. The smallest absolute Gasteiger partial charge is 0.351 e. The number of hydrogen-bond acceptors (Lipinski definition) is 15. The highest BCUT2D eigenvalue weighted by atomic mass is 16.5. The van der Waals surface area contributed by atoms with Crippen molar-refractivity contribution in [2.45, 2.75) is 40.5 Å². The fraction of sp³-hybridized carbons (Fsp3) is 0.278. The van der Waals surface area contributed by atoms with E-state index in [0.717, 1.165) is 37.1 Å². The molecule has 0 aliphatic rings. The van der Waals surface area contributed by atoms with E-state index in [2.05, 4.69) is 0 Å². The van der Waals surface area contributed by atoms with Crippen molar-refractivity contribution in [3.8, 4) is 40.2 Å². The van der Waals surface area contributed by atoms with Crippen LogP contribution in [-0.4, -0.2) is 63.9 Å². The highest BCUT2D eigenvalue weighted by Crippen LogP contribution is 2.32. The molecule has 272 valence electrons. The Balaban J connectivity index is 0.000000227. The van der Waals surface area contributed by atoms with Gasteiger partial charge in [-0.15, -0.1) is 0 Å². The van der Waals surface area contributed by atoms with Gasteiger partial charge in [-0.3, -0.25) is 0 Å². The third-order valence-electron chi connectivity index (χ3n) is 6.42. The van der Waals surface area contributed by atoms with Crippen LogP contribution in [0.4, 0.5) is 0 Å². The third-order valence-corrected chi connectivity index (χ3v) is 6.42. The minimum absolute atomic E-state index is 0.00875. The van der Waals surface area contributed by atoms with Crippen molar-refractivity contribution < 1.29 is 62.9 Å². The molecule has 0 aliphatic heterocycles. The molecule has 3 aromatic carbocycles. The normalized spacial score (nSPS) is 10.4. The average Bonchev–Trinajstić information content (AvgIpc) is 3.05. The number of carbonyl (C=O) groups is 2. The third kappa shape index (κ3) is 10.8. The number of ether oxygens (including phenoxy) is 4. The number of aromatic hydroxyl groups is 5. The van der Waals surface area contributed by atoms with Crippen LogP contribution in [0.5, 0.6) is 40.2 Å². The zero-order chi connectivity index (χ0) is 37.7. The Labute approximate surface area is 290 Å². The monoisotopic (exact) mass is 710 g/mol. The van der Waals surface area contributed by atoms with Crippen LogP contribution in [0, 0.1) is 0 Å². The number of benzene rings is 3. The molecule has 0 saturated carbocycles. The van der Waals surface area contributed by atoms with Gasteiger partial charge in [-0.25, -0.2) is 19.2 Å². The molecule has 5 N–H and O–H groups in total. The second-order valence-corrected chi connectivity index (χ2v) is 10.5. The number of rotatable bonds is 10. The highest BCUT2D eigenvalue weighted by molar-refractivity contribution is 5.96. The van der Waals surface area contributed by atoms with Crippen LogP contribution < -0.4 is 20.7 Å². The van der Waals surface area contributed by atoms with Gasteiger partial charge in [0, 0.05) is 42.5 Å². The van der Waals surface area contributed by atoms with Gasteiger partial charge >= 0.3 is 23.2 Å². The lowest BCUT2D eigenvalue weighted by Crippen LogP contribution is -2.16. The number of fused-ring (bicyclic) bond motifs is 2. The molecular formula is C36H38O15. The van der Waals surface area contributed by atoms with Crippen LogP contribution in [0.15, 0.2) is 73.0 Å². The fourth-order valence-corrected chi connectivity index (χ4v) is 4.26. The molecule has 0 saturated heterocycles. The Morgan fingerprint density at radius 1 is 0.569 bits per heavy atom. The standard InChI is InChI=1S/C18H22O6.C12H10O6.C6H6O3/c1-4-7-22-12-9-15(23-8-5-2)13-11-14(17(19)21-6-3)18(20)24-16(13)10-12;1-2-17-11(15)8-5-7-9(14)3-6(13)4-10(7)18-12(8)16;7-4-1-5(8)3-6(9)2-4/h9-11H,4-8H2,1-3H3;3-5,13-14H,2H2,1H3;1-3,7-9H. The molecule has 0 amide bonds. The van der Waals surface area contributed by atoms with Crippen molar-refractivity contribution in [2.24, 2.45) is 0 Å².